The van der Waals surface area contributed by atoms with Crippen molar-refractivity contribution in [3.8, 4) is 5.69 Å². The molecule has 174 valence electrons. The lowest BCUT2D eigenvalue weighted by Crippen LogP contribution is -2.39. The fourth-order valence-electron chi connectivity index (χ4n) is 3.80. The second-order valence-electron chi connectivity index (χ2n) is 8.35. The zero-order valence-corrected chi connectivity index (χ0v) is 20.7. The largest absolute Gasteiger partial charge is 0.318 e. The summed E-state index contributed by atoms with van der Waals surface area (Å²) in [5, 5.41) is 4.07. The van der Waals surface area contributed by atoms with Gasteiger partial charge in [-0.3, -0.25) is 9.10 Å². The van der Waals surface area contributed by atoms with E-state index < -0.39 is 15.9 Å². The normalized spacial score (nSPS) is 11.7. The van der Waals surface area contributed by atoms with E-state index >= 15 is 0 Å². The molecule has 2 aromatic carbocycles. The number of rotatable bonds is 7. The minimum Gasteiger partial charge on any atom is -0.318 e. The predicted octanol–water partition coefficient (Wildman–Crippen LogP) is 3.94. The van der Waals surface area contributed by atoms with E-state index in [0.717, 1.165) is 38.8 Å². The van der Waals surface area contributed by atoms with Gasteiger partial charge in [0.25, 0.3) is 5.91 Å². The van der Waals surface area contributed by atoms with Crippen molar-refractivity contribution in [1.29, 1.82) is 0 Å². The van der Waals surface area contributed by atoms with Gasteiger partial charge in [-0.1, -0.05) is 35.4 Å². The zero-order chi connectivity index (χ0) is 24.3. The average molecular weight is 467 g/mol. The van der Waals surface area contributed by atoms with Crippen LogP contribution in [0.25, 0.3) is 5.69 Å². The molecule has 0 bridgehead atoms. The molecule has 3 rings (SSSR count). The van der Waals surface area contributed by atoms with Gasteiger partial charge >= 0.3 is 0 Å². The number of hydrogen-bond donors (Lipinski definition) is 1. The number of hydrogen-bond acceptors (Lipinski definition) is 4. The Morgan fingerprint density at radius 3 is 2.24 bits per heavy atom. The molecule has 0 radical (unpaired) electrons. The topological polar surface area (TPSA) is 83.8 Å². The van der Waals surface area contributed by atoms with Crippen molar-refractivity contribution in [1.82, 2.24) is 9.99 Å². The number of anilines is 1. The first-order chi connectivity index (χ1) is 15.5. The van der Waals surface area contributed by atoms with Crippen LogP contribution in [0.15, 0.2) is 53.6 Å². The maximum atomic E-state index is 12.4. The summed E-state index contributed by atoms with van der Waals surface area (Å²) in [5.41, 5.74) is 10.3. The molecule has 0 atom stereocenters. The summed E-state index contributed by atoms with van der Waals surface area (Å²) in [6, 6.07) is 15.3. The highest BCUT2D eigenvalue weighted by molar-refractivity contribution is 7.92. The van der Waals surface area contributed by atoms with Crippen LogP contribution < -0.4 is 9.73 Å². The number of carbonyl (C=O) groups is 1. The maximum Gasteiger partial charge on any atom is 0.260 e. The standard InChI is InChI=1S/C25H30N4O3S/c1-17-7-10-23(11-8-17)28(33(6,31)32)16-25(30)27-26-15-22-14-20(4)29(21(22)5)24-12-9-18(2)13-19(24)3/h7-15H,16H2,1-6H3,(H,27,30)/b26-15-. The number of sulfonamides is 1. The molecule has 0 fully saturated rings. The highest BCUT2D eigenvalue weighted by Crippen LogP contribution is 2.23. The number of benzene rings is 2. The molecule has 0 saturated heterocycles. The van der Waals surface area contributed by atoms with Crippen LogP contribution in [-0.2, 0) is 14.8 Å². The van der Waals surface area contributed by atoms with Gasteiger partial charge in [-0.2, -0.15) is 5.10 Å². The fraction of sp³-hybridized carbons (Fsp3) is 0.280. The molecule has 0 aliphatic carbocycles. The summed E-state index contributed by atoms with van der Waals surface area (Å²) in [4.78, 5) is 12.4. The van der Waals surface area contributed by atoms with E-state index in [4.69, 9.17) is 0 Å². The first kappa shape index (κ1) is 24.3. The lowest BCUT2D eigenvalue weighted by molar-refractivity contribution is -0.119. The Morgan fingerprint density at radius 1 is 1.00 bits per heavy atom. The van der Waals surface area contributed by atoms with E-state index in [1.165, 1.54) is 11.1 Å². The molecule has 7 nitrogen and oxygen atoms in total. The molecule has 0 aliphatic heterocycles. The van der Waals surface area contributed by atoms with Crippen molar-refractivity contribution < 1.29 is 13.2 Å². The highest BCUT2D eigenvalue weighted by atomic mass is 32.2. The van der Waals surface area contributed by atoms with Gasteiger partial charge in [0.05, 0.1) is 18.2 Å². The van der Waals surface area contributed by atoms with Crippen molar-refractivity contribution in [3.63, 3.8) is 0 Å². The molecule has 1 heterocycles. The van der Waals surface area contributed by atoms with Crippen molar-refractivity contribution >= 4 is 27.8 Å². The minimum atomic E-state index is -3.63. The third-order valence-corrected chi connectivity index (χ3v) is 6.61. The zero-order valence-electron chi connectivity index (χ0n) is 19.9. The van der Waals surface area contributed by atoms with Gasteiger partial charge in [-0.15, -0.1) is 0 Å². The van der Waals surface area contributed by atoms with Gasteiger partial charge in [0.15, 0.2) is 0 Å². The Morgan fingerprint density at radius 2 is 1.64 bits per heavy atom. The van der Waals surface area contributed by atoms with Crippen LogP contribution in [0.1, 0.15) is 33.6 Å². The summed E-state index contributed by atoms with van der Waals surface area (Å²) in [7, 11) is -3.63. The Labute approximate surface area is 195 Å². The number of nitrogens with one attached hydrogen (secondary N) is 1. The summed E-state index contributed by atoms with van der Waals surface area (Å²) in [5.74, 6) is -0.527. The molecule has 0 saturated carbocycles. The number of carbonyl (C=O) groups excluding carboxylic acids is 1. The lowest BCUT2D eigenvalue weighted by atomic mass is 10.1. The third-order valence-electron chi connectivity index (χ3n) is 5.47. The predicted molar refractivity (Wildman–Crippen MR) is 134 cm³/mol. The van der Waals surface area contributed by atoms with Gasteiger partial charge in [0.1, 0.15) is 6.54 Å². The summed E-state index contributed by atoms with van der Waals surface area (Å²) in [6.07, 6.45) is 2.66. The summed E-state index contributed by atoms with van der Waals surface area (Å²) >= 11 is 0. The van der Waals surface area contributed by atoms with Crippen molar-refractivity contribution in [3.05, 3.63) is 82.2 Å². The highest BCUT2D eigenvalue weighted by Gasteiger charge is 2.20. The molecule has 0 spiro atoms. The van der Waals surface area contributed by atoms with Crippen molar-refractivity contribution in [2.75, 3.05) is 17.1 Å². The Bertz CT molecular complexity index is 1310. The molecule has 1 amide bonds. The monoisotopic (exact) mass is 466 g/mol. The van der Waals surface area contributed by atoms with Gasteiger partial charge in [0, 0.05) is 22.6 Å². The van der Waals surface area contributed by atoms with E-state index in [-0.39, 0.29) is 6.54 Å². The smallest absolute Gasteiger partial charge is 0.260 e. The van der Waals surface area contributed by atoms with Crippen LogP contribution in [0.4, 0.5) is 5.69 Å². The molecule has 1 aromatic heterocycles. The van der Waals surface area contributed by atoms with E-state index in [1.54, 1.807) is 30.5 Å². The van der Waals surface area contributed by atoms with E-state index in [1.807, 2.05) is 26.8 Å². The molecule has 1 N–H and O–H groups in total. The van der Waals surface area contributed by atoms with Crippen LogP contribution >= 0.6 is 0 Å². The second kappa shape index (κ2) is 9.62. The molecule has 33 heavy (non-hydrogen) atoms. The minimum absolute atomic E-state index is 0.360. The Hall–Kier alpha value is -3.39. The van der Waals surface area contributed by atoms with Gasteiger partial charge in [-0.05, 0) is 64.4 Å². The molecule has 8 heteroatoms. The number of aromatic nitrogens is 1. The number of amides is 1. The van der Waals surface area contributed by atoms with Crippen molar-refractivity contribution in [2.45, 2.75) is 34.6 Å². The quantitative estimate of drug-likeness (QED) is 0.423. The Kier molecular flexibility index (Phi) is 7.07. The van der Waals surface area contributed by atoms with Crippen molar-refractivity contribution in [2.24, 2.45) is 5.10 Å². The van der Waals surface area contributed by atoms with Gasteiger partial charge in [-0.25, -0.2) is 13.8 Å². The van der Waals surface area contributed by atoms with Crippen LogP contribution in [0.5, 0.6) is 0 Å². The molecular formula is C25H30N4O3S. The van der Waals surface area contributed by atoms with E-state index in [2.05, 4.69) is 47.1 Å². The first-order valence-electron chi connectivity index (χ1n) is 10.6. The van der Waals surface area contributed by atoms with Crippen LogP contribution in [0.3, 0.4) is 0 Å². The Balaban J connectivity index is 1.75. The molecule has 0 aliphatic rings. The van der Waals surface area contributed by atoms with Crippen LogP contribution in [0, 0.1) is 34.6 Å². The average Bonchev–Trinajstić information content (AvgIpc) is 3.00. The lowest BCUT2D eigenvalue weighted by Gasteiger charge is -2.21. The molecule has 0 unspecified atom stereocenters. The second-order valence-corrected chi connectivity index (χ2v) is 10.3. The fourth-order valence-corrected chi connectivity index (χ4v) is 4.65. The number of aryl methyl sites for hydroxylation is 4. The van der Waals surface area contributed by atoms with E-state index in [9.17, 15) is 13.2 Å². The summed E-state index contributed by atoms with van der Waals surface area (Å²) < 4.78 is 27.7. The SMILES string of the molecule is Cc1ccc(N(CC(=O)N/N=C\c2cc(C)n(-c3ccc(C)cc3C)c2C)S(C)(=O)=O)cc1. The molecular weight excluding hydrogens is 436 g/mol. The third kappa shape index (κ3) is 5.70. The first-order valence-corrected chi connectivity index (χ1v) is 12.4. The number of hydrazone groups is 1. The van der Waals surface area contributed by atoms with Gasteiger partial charge < -0.3 is 4.57 Å². The summed E-state index contributed by atoms with van der Waals surface area (Å²) in [6.45, 7) is 9.72. The number of nitrogens with zero attached hydrogens (tertiary/aromatic N) is 3. The van der Waals surface area contributed by atoms with Crippen LogP contribution in [-0.4, -0.2) is 37.9 Å². The van der Waals surface area contributed by atoms with E-state index in [0.29, 0.717) is 5.69 Å². The van der Waals surface area contributed by atoms with Gasteiger partial charge in [0.2, 0.25) is 10.0 Å². The van der Waals surface area contributed by atoms with Crippen LogP contribution in [0.2, 0.25) is 0 Å². The molecule has 3 aromatic rings. The maximum absolute atomic E-state index is 12.4.